The van der Waals surface area contributed by atoms with Crippen LogP contribution in [0.25, 0.3) is 0 Å². The Morgan fingerprint density at radius 2 is 1.97 bits per heavy atom. The highest BCUT2D eigenvalue weighted by molar-refractivity contribution is 7.10. The van der Waals surface area contributed by atoms with Crippen LogP contribution in [0.15, 0.2) is 65.9 Å². The summed E-state index contributed by atoms with van der Waals surface area (Å²) in [4.78, 5) is 25.3. The minimum Gasteiger partial charge on any atom is -0.478 e. The molecule has 4 rings (SSSR count). The fourth-order valence-electron chi connectivity index (χ4n) is 4.22. The lowest BCUT2D eigenvalue weighted by Gasteiger charge is -2.29. The molecule has 0 spiro atoms. The molecular weight excluding hydrogens is 452 g/mol. The van der Waals surface area contributed by atoms with Crippen LogP contribution < -0.4 is 5.32 Å². The van der Waals surface area contributed by atoms with Crippen molar-refractivity contribution in [2.24, 2.45) is 0 Å². The summed E-state index contributed by atoms with van der Waals surface area (Å²) in [5.41, 5.74) is 3.85. The normalized spacial score (nSPS) is 15.8. The van der Waals surface area contributed by atoms with E-state index in [1.165, 1.54) is 29.2 Å². The quantitative estimate of drug-likeness (QED) is 0.325. The van der Waals surface area contributed by atoms with Crippen molar-refractivity contribution >= 4 is 28.2 Å². The summed E-state index contributed by atoms with van der Waals surface area (Å²) in [6.07, 6.45) is 0. The molecule has 34 heavy (non-hydrogen) atoms. The average molecular weight is 481 g/mol. The van der Waals surface area contributed by atoms with E-state index in [1.54, 1.807) is 19.1 Å². The van der Waals surface area contributed by atoms with Gasteiger partial charge in [0.05, 0.1) is 16.2 Å². The Hall–Kier alpha value is -3.56. The number of allylic oxidation sites excluding steroid dienone is 1. The van der Waals surface area contributed by atoms with Gasteiger partial charge < -0.3 is 10.4 Å². The third-order valence-corrected chi connectivity index (χ3v) is 6.89. The van der Waals surface area contributed by atoms with Gasteiger partial charge in [0.15, 0.2) is 0 Å². The molecule has 9 heteroatoms. The molecule has 1 aromatic heterocycles. The van der Waals surface area contributed by atoms with Gasteiger partial charge in [-0.1, -0.05) is 49.9 Å². The van der Waals surface area contributed by atoms with E-state index in [1.807, 2.05) is 25.2 Å². The van der Waals surface area contributed by atoms with Crippen molar-refractivity contribution < 1.29 is 14.8 Å². The number of hydrogen-bond donors (Lipinski definition) is 2. The Labute approximate surface area is 202 Å². The van der Waals surface area contributed by atoms with Crippen LogP contribution >= 0.6 is 11.5 Å². The Kier molecular flexibility index (Phi) is 7.48. The summed E-state index contributed by atoms with van der Waals surface area (Å²) in [5, 5.41) is 25.4. The number of nitrogens with one attached hydrogen (secondary N) is 1. The molecule has 0 saturated heterocycles. The number of aliphatic carboxylic acids is 1. The highest BCUT2D eigenvalue weighted by atomic mass is 32.1. The van der Waals surface area contributed by atoms with Gasteiger partial charge in [0.1, 0.15) is 5.00 Å². The molecule has 2 N–H and O–H groups in total. The van der Waals surface area contributed by atoms with Crippen LogP contribution in [0.4, 0.5) is 10.7 Å². The van der Waals surface area contributed by atoms with Crippen molar-refractivity contribution in [3.05, 3.63) is 98.4 Å². The number of hydrogen-bond acceptors (Lipinski definition) is 7. The number of fused-ring (bicyclic) bond motifs is 1. The molecule has 178 valence electrons. The predicted molar refractivity (Wildman–Crippen MR) is 134 cm³/mol. The van der Waals surface area contributed by atoms with Crippen LogP contribution in [-0.4, -0.2) is 32.3 Å². The number of anilines is 1. The molecule has 0 saturated carbocycles. The summed E-state index contributed by atoms with van der Waals surface area (Å²) >= 11 is 1.28. The van der Waals surface area contributed by atoms with E-state index in [9.17, 15) is 20.0 Å². The average Bonchev–Trinajstić information content (AvgIpc) is 3.19. The monoisotopic (exact) mass is 480 g/mol. The molecule has 2 atom stereocenters. The first kappa shape index (κ1) is 25.1. The van der Waals surface area contributed by atoms with Gasteiger partial charge in [0.25, 0.3) is 5.69 Å². The van der Waals surface area contributed by atoms with Crippen molar-refractivity contribution in [2.45, 2.75) is 39.8 Å². The largest absolute Gasteiger partial charge is 0.478 e. The third-order valence-electron chi connectivity index (χ3n) is 6.07. The van der Waals surface area contributed by atoms with Crippen molar-refractivity contribution in [3.8, 4) is 0 Å². The lowest BCUT2D eigenvalue weighted by molar-refractivity contribution is -0.384. The van der Waals surface area contributed by atoms with E-state index in [0.717, 1.165) is 16.3 Å². The van der Waals surface area contributed by atoms with Gasteiger partial charge in [-0.3, -0.25) is 15.0 Å². The first-order chi connectivity index (χ1) is 15.8. The van der Waals surface area contributed by atoms with Gasteiger partial charge >= 0.3 is 5.97 Å². The maximum Gasteiger partial charge on any atom is 0.334 e. The molecule has 0 fully saturated rings. The molecule has 0 aliphatic carbocycles. The first-order valence-electron chi connectivity index (χ1n) is 10.5. The number of carboxylic acid groups (broad SMARTS) is 1. The number of non-ortho nitro benzene ring substituents is 1. The number of benzene rings is 2. The van der Waals surface area contributed by atoms with Gasteiger partial charge in [0.2, 0.25) is 0 Å². The van der Waals surface area contributed by atoms with Gasteiger partial charge in [-0.15, -0.1) is 0 Å². The molecule has 0 radical (unpaired) electrons. The van der Waals surface area contributed by atoms with E-state index < -0.39 is 16.8 Å². The molecule has 2 unspecified atom stereocenters. The number of rotatable bonds is 7. The van der Waals surface area contributed by atoms with Crippen LogP contribution in [-0.2, 0) is 11.3 Å². The zero-order valence-electron chi connectivity index (χ0n) is 18.5. The van der Waals surface area contributed by atoms with E-state index in [-0.39, 0.29) is 24.7 Å². The summed E-state index contributed by atoms with van der Waals surface area (Å²) < 4.78 is 4.66. The van der Waals surface area contributed by atoms with Crippen molar-refractivity contribution in [2.75, 3.05) is 12.4 Å². The van der Waals surface area contributed by atoms with Crippen molar-refractivity contribution in [3.63, 3.8) is 0 Å². The van der Waals surface area contributed by atoms with E-state index in [4.69, 9.17) is 0 Å². The molecule has 1 aliphatic rings. The van der Waals surface area contributed by atoms with E-state index >= 15 is 0 Å². The smallest absolute Gasteiger partial charge is 0.334 e. The van der Waals surface area contributed by atoms with E-state index in [0.29, 0.717) is 17.8 Å². The maximum absolute atomic E-state index is 12.3. The molecule has 3 aromatic rings. The second kappa shape index (κ2) is 10.1. The van der Waals surface area contributed by atoms with Gasteiger partial charge in [-0.05, 0) is 43.6 Å². The number of carbonyl (C=O) groups is 1. The van der Waals surface area contributed by atoms with Gasteiger partial charge in [-0.25, -0.2) is 4.79 Å². The Bertz CT molecular complexity index is 1240. The van der Waals surface area contributed by atoms with Crippen LogP contribution in [0.1, 0.15) is 55.6 Å². The molecule has 0 bridgehead atoms. The third kappa shape index (κ3) is 4.71. The summed E-state index contributed by atoms with van der Waals surface area (Å²) in [7, 11) is 2.00. The predicted octanol–water partition coefficient (Wildman–Crippen LogP) is 5.80. The zero-order chi connectivity index (χ0) is 23.7. The molecule has 8 nitrogen and oxygen atoms in total. The molecular formula is C25H28N4O4S. The summed E-state index contributed by atoms with van der Waals surface area (Å²) in [6.45, 7) is 4.32. The Balaban J connectivity index is 0.00000324. The van der Waals surface area contributed by atoms with Crippen molar-refractivity contribution in [1.29, 1.82) is 0 Å². The summed E-state index contributed by atoms with van der Waals surface area (Å²) in [5.74, 6) is -1.72. The fourth-order valence-corrected chi connectivity index (χ4v) is 5.12. The number of carboxylic acids is 1. The Morgan fingerprint density at radius 1 is 1.26 bits per heavy atom. The zero-order valence-corrected chi connectivity index (χ0v) is 19.3. The number of nitrogens with zero attached hydrogens (tertiary/aromatic N) is 3. The summed E-state index contributed by atoms with van der Waals surface area (Å²) in [6, 6.07) is 16.4. The van der Waals surface area contributed by atoms with Crippen LogP contribution in [0.3, 0.4) is 0 Å². The van der Waals surface area contributed by atoms with Gasteiger partial charge in [0, 0.05) is 41.9 Å². The fraction of sp³-hybridized carbons (Fsp3) is 0.280. The number of aromatic nitrogens is 1. The second-order valence-electron chi connectivity index (χ2n) is 8.13. The van der Waals surface area contributed by atoms with Crippen LogP contribution in [0.5, 0.6) is 0 Å². The molecule has 1 aliphatic heterocycles. The van der Waals surface area contributed by atoms with E-state index in [2.05, 4.69) is 33.6 Å². The maximum atomic E-state index is 12.3. The van der Waals surface area contributed by atoms with Crippen molar-refractivity contribution in [1.82, 2.24) is 9.27 Å². The lowest BCUT2D eigenvalue weighted by atomic mass is 9.81. The second-order valence-corrected chi connectivity index (χ2v) is 8.90. The Morgan fingerprint density at radius 3 is 2.62 bits per heavy atom. The van der Waals surface area contributed by atoms with Crippen LogP contribution in [0.2, 0.25) is 0 Å². The highest BCUT2D eigenvalue weighted by Gasteiger charge is 2.37. The standard InChI is InChI=1S/C24H24N4O4S.CH4/c1-14-20(24(29)30)21(17-10-7-11-18(12-17)28(31)32)22-19(26-33-23(22)25-14)13-27(3)15(2)16-8-5-4-6-9-16;/h4-12,15,21,25H,13H2,1-3H3,(H,29,30);1H4. The van der Waals surface area contributed by atoms with Crippen LogP contribution in [0, 0.1) is 10.1 Å². The topological polar surface area (TPSA) is 109 Å². The first-order valence-corrected chi connectivity index (χ1v) is 11.2. The highest BCUT2D eigenvalue weighted by Crippen LogP contribution is 2.46. The number of nitro groups is 1. The molecule has 2 aromatic carbocycles. The lowest BCUT2D eigenvalue weighted by Crippen LogP contribution is -2.26. The molecule has 2 heterocycles. The number of nitro benzene ring substituents is 1. The SMILES string of the molecule is C.CC1=C(C(=O)O)C(c2cccc([N+](=O)[O-])c2)c2c(CN(C)C(C)c3ccccc3)nsc2N1. The molecule has 0 amide bonds. The minimum absolute atomic E-state index is 0. The minimum atomic E-state index is -1.06. The van der Waals surface area contributed by atoms with Gasteiger partial charge in [-0.2, -0.15) is 4.37 Å².